The molecule has 8 heteroatoms. The summed E-state index contributed by atoms with van der Waals surface area (Å²) in [5, 5.41) is 5.18. The van der Waals surface area contributed by atoms with Gasteiger partial charge in [0, 0.05) is 5.69 Å². The van der Waals surface area contributed by atoms with Crippen LogP contribution in [0.3, 0.4) is 0 Å². The molecule has 0 spiro atoms. The molecule has 0 radical (unpaired) electrons. The van der Waals surface area contributed by atoms with Crippen LogP contribution in [0.4, 0.5) is 5.69 Å². The molecule has 0 saturated carbocycles. The minimum Gasteiger partial charge on any atom is -0.346 e. The van der Waals surface area contributed by atoms with Crippen molar-refractivity contribution in [3.05, 3.63) is 60.2 Å². The molecule has 2 amide bonds. The summed E-state index contributed by atoms with van der Waals surface area (Å²) in [7, 11) is -3.87. The van der Waals surface area contributed by atoms with Gasteiger partial charge in [0.05, 0.1) is 11.4 Å². The number of carbonyl (C=O) groups is 2. The van der Waals surface area contributed by atoms with Crippen LogP contribution in [0.5, 0.6) is 0 Å². The van der Waals surface area contributed by atoms with Crippen molar-refractivity contribution in [3.8, 4) is 0 Å². The van der Waals surface area contributed by atoms with Crippen molar-refractivity contribution >= 4 is 27.5 Å². The number of anilines is 1. The Morgan fingerprint density at radius 2 is 1.59 bits per heavy atom. The second-order valence-electron chi connectivity index (χ2n) is 7.25. The Bertz CT molecular complexity index is 926. The van der Waals surface area contributed by atoms with Crippen LogP contribution in [0, 0.1) is 12.8 Å². The molecule has 0 aromatic heterocycles. The van der Waals surface area contributed by atoms with Crippen molar-refractivity contribution < 1.29 is 18.0 Å². The second kappa shape index (κ2) is 10.2. The van der Waals surface area contributed by atoms with Gasteiger partial charge in [0.2, 0.25) is 21.8 Å². The van der Waals surface area contributed by atoms with E-state index in [1.165, 1.54) is 12.1 Å². The first-order valence-electron chi connectivity index (χ1n) is 9.39. The van der Waals surface area contributed by atoms with Crippen LogP contribution >= 0.6 is 0 Å². The van der Waals surface area contributed by atoms with Gasteiger partial charge in [-0.3, -0.25) is 9.59 Å². The molecule has 156 valence electrons. The van der Waals surface area contributed by atoms with Crippen LogP contribution in [0.2, 0.25) is 0 Å². The number of hydrogen-bond acceptors (Lipinski definition) is 4. The Morgan fingerprint density at radius 3 is 2.17 bits per heavy atom. The smallest absolute Gasteiger partial charge is 0.243 e. The minimum absolute atomic E-state index is 0.0737. The number of aryl methyl sites for hydroxylation is 1. The van der Waals surface area contributed by atoms with Crippen molar-refractivity contribution in [1.82, 2.24) is 10.0 Å². The van der Waals surface area contributed by atoms with Crippen LogP contribution in [-0.2, 0) is 19.6 Å². The van der Waals surface area contributed by atoms with Gasteiger partial charge in [0.1, 0.15) is 6.04 Å². The van der Waals surface area contributed by atoms with Gasteiger partial charge in [-0.25, -0.2) is 8.42 Å². The van der Waals surface area contributed by atoms with E-state index in [1.54, 1.807) is 36.4 Å². The molecule has 29 heavy (non-hydrogen) atoms. The molecule has 0 fully saturated rings. The highest BCUT2D eigenvalue weighted by Gasteiger charge is 2.26. The second-order valence-corrected chi connectivity index (χ2v) is 8.96. The first-order chi connectivity index (χ1) is 13.7. The van der Waals surface area contributed by atoms with Gasteiger partial charge in [0.25, 0.3) is 0 Å². The lowest BCUT2D eigenvalue weighted by atomic mass is 10.0. The molecule has 2 rings (SSSR count). The van der Waals surface area contributed by atoms with E-state index < -0.39 is 27.9 Å². The molecule has 2 aromatic carbocycles. The molecule has 1 atom stereocenters. The minimum atomic E-state index is -3.87. The van der Waals surface area contributed by atoms with Gasteiger partial charge in [-0.1, -0.05) is 49.7 Å². The Morgan fingerprint density at radius 1 is 0.966 bits per heavy atom. The third-order valence-electron chi connectivity index (χ3n) is 4.13. The lowest BCUT2D eigenvalue weighted by Gasteiger charge is -2.20. The van der Waals surface area contributed by atoms with Crippen LogP contribution < -0.4 is 15.4 Å². The molecular formula is C21H27N3O4S. The molecule has 0 bridgehead atoms. The van der Waals surface area contributed by atoms with Gasteiger partial charge in [-0.05, 0) is 43.5 Å². The Kier molecular flexibility index (Phi) is 7.92. The van der Waals surface area contributed by atoms with Gasteiger partial charge in [0.15, 0.2) is 0 Å². The number of amides is 2. The molecular weight excluding hydrogens is 390 g/mol. The molecule has 0 heterocycles. The summed E-state index contributed by atoms with van der Waals surface area (Å²) in [5.41, 5.74) is 1.55. The Labute approximate surface area is 172 Å². The van der Waals surface area contributed by atoms with Crippen molar-refractivity contribution in [3.63, 3.8) is 0 Å². The zero-order valence-corrected chi connectivity index (χ0v) is 17.6. The van der Waals surface area contributed by atoms with E-state index in [2.05, 4.69) is 15.4 Å². The average Bonchev–Trinajstić information content (AvgIpc) is 2.66. The fraction of sp³-hybridized carbons (Fsp3) is 0.333. The zero-order chi connectivity index (χ0) is 21.4. The van der Waals surface area contributed by atoms with Crippen molar-refractivity contribution in [2.24, 2.45) is 5.92 Å². The highest BCUT2D eigenvalue weighted by Crippen LogP contribution is 2.13. The van der Waals surface area contributed by atoms with E-state index in [0.717, 1.165) is 5.56 Å². The number of hydrogen-bond donors (Lipinski definition) is 3. The van der Waals surface area contributed by atoms with Crippen LogP contribution in [-0.4, -0.2) is 32.8 Å². The van der Waals surface area contributed by atoms with E-state index >= 15 is 0 Å². The molecule has 0 aliphatic carbocycles. The first-order valence-corrected chi connectivity index (χ1v) is 10.9. The predicted molar refractivity (Wildman–Crippen MR) is 113 cm³/mol. The first kappa shape index (κ1) is 22.6. The highest BCUT2D eigenvalue weighted by molar-refractivity contribution is 7.89. The van der Waals surface area contributed by atoms with E-state index in [1.807, 2.05) is 26.8 Å². The molecule has 0 aliphatic heterocycles. The summed E-state index contributed by atoms with van der Waals surface area (Å²) < 4.78 is 27.8. The molecule has 3 N–H and O–H groups in total. The average molecular weight is 418 g/mol. The molecule has 1 unspecified atom stereocenters. The standard InChI is InChI=1S/C21H27N3O4S/c1-15(2)13-19(24-29(27,28)18-11-9-16(3)10-12-18)21(26)22-14-20(25)23-17-7-5-4-6-8-17/h4-12,15,19,24H,13-14H2,1-3H3,(H,22,26)(H,23,25). The van der Waals surface area contributed by atoms with Gasteiger partial charge in [-0.2, -0.15) is 4.72 Å². The summed E-state index contributed by atoms with van der Waals surface area (Å²) in [6.45, 7) is 5.39. The maximum Gasteiger partial charge on any atom is 0.243 e. The largest absolute Gasteiger partial charge is 0.346 e. The number of nitrogens with one attached hydrogen (secondary N) is 3. The normalized spacial score (nSPS) is 12.4. The van der Waals surface area contributed by atoms with Gasteiger partial charge >= 0.3 is 0 Å². The quantitative estimate of drug-likeness (QED) is 0.583. The lowest BCUT2D eigenvalue weighted by Crippen LogP contribution is -2.48. The van der Waals surface area contributed by atoms with Crippen LogP contribution in [0.15, 0.2) is 59.5 Å². The fourth-order valence-electron chi connectivity index (χ4n) is 2.67. The summed E-state index contributed by atoms with van der Waals surface area (Å²) in [4.78, 5) is 24.7. The third kappa shape index (κ3) is 7.32. The maximum atomic E-state index is 12.6. The number of carbonyl (C=O) groups excluding carboxylic acids is 2. The topological polar surface area (TPSA) is 104 Å². The fourth-order valence-corrected chi connectivity index (χ4v) is 3.88. The number of benzene rings is 2. The number of sulfonamides is 1. The molecule has 2 aromatic rings. The number of rotatable bonds is 9. The summed E-state index contributed by atoms with van der Waals surface area (Å²) in [6, 6.07) is 14.3. The molecule has 0 aliphatic rings. The molecule has 7 nitrogen and oxygen atoms in total. The van der Waals surface area contributed by atoms with E-state index in [0.29, 0.717) is 12.1 Å². The van der Waals surface area contributed by atoms with E-state index in [9.17, 15) is 18.0 Å². The maximum absolute atomic E-state index is 12.6. The number of para-hydroxylation sites is 1. The SMILES string of the molecule is Cc1ccc(S(=O)(=O)NC(CC(C)C)C(=O)NCC(=O)Nc2ccccc2)cc1. The summed E-state index contributed by atoms with van der Waals surface area (Å²) >= 11 is 0. The van der Waals surface area contributed by atoms with Crippen LogP contribution in [0.25, 0.3) is 0 Å². The monoisotopic (exact) mass is 417 g/mol. The molecule has 0 saturated heterocycles. The Balaban J connectivity index is 2.01. The Hall–Kier alpha value is -2.71. The van der Waals surface area contributed by atoms with Gasteiger partial charge in [-0.15, -0.1) is 0 Å². The highest BCUT2D eigenvalue weighted by atomic mass is 32.2. The van der Waals surface area contributed by atoms with Crippen molar-refractivity contribution in [2.75, 3.05) is 11.9 Å². The third-order valence-corrected chi connectivity index (χ3v) is 5.62. The predicted octanol–water partition coefficient (Wildman–Crippen LogP) is 2.44. The van der Waals surface area contributed by atoms with E-state index in [4.69, 9.17) is 0 Å². The summed E-state index contributed by atoms with van der Waals surface area (Å²) in [5.74, 6) is -0.864. The van der Waals surface area contributed by atoms with Crippen molar-refractivity contribution in [1.29, 1.82) is 0 Å². The van der Waals surface area contributed by atoms with Crippen molar-refractivity contribution in [2.45, 2.75) is 38.1 Å². The van der Waals surface area contributed by atoms with Gasteiger partial charge < -0.3 is 10.6 Å². The lowest BCUT2D eigenvalue weighted by molar-refractivity contribution is -0.125. The zero-order valence-electron chi connectivity index (χ0n) is 16.8. The summed E-state index contributed by atoms with van der Waals surface area (Å²) in [6.07, 6.45) is 0.303. The van der Waals surface area contributed by atoms with Crippen LogP contribution in [0.1, 0.15) is 25.8 Å². The van der Waals surface area contributed by atoms with E-state index in [-0.39, 0.29) is 17.4 Å².